The molecule has 0 saturated heterocycles. The van der Waals surface area contributed by atoms with Gasteiger partial charge in [-0.2, -0.15) is 15.3 Å². The molecule has 0 saturated carbocycles. The minimum absolute atomic E-state index is 0. The van der Waals surface area contributed by atoms with E-state index >= 15 is 0 Å². The van der Waals surface area contributed by atoms with Gasteiger partial charge in [-0.3, -0.25) is 0 Å². The third kappa shape index (κ3) is 8.27. The van der Waals surface area contributed by atoms with Crippen LogP contribution in [-0.4, -0.2) is 35.8 Å². The number of azo groups is 2. The largest absolute Gasteiger partial charge is 1.00 e. The summed E-state index contributed by atoms with van der Waals surface area (Å²) in [6.07, 6.45) is 1.37. The number of rotatable bonds is 8. The van der Waals surface area contributed by atoms with E-state index < -0.39 is 26.7 Å². The number of methoxy groups -OCH3 is 1. The molecule has 13 nitrogen and oxygen atoms in total. The number of hydrogen-bond acceptors (Lipinski definition) is 12. The molecule has 0 bridgehead atoms. The van der Waals surface area contributed by atoms with Crippen LogP contribution in [0.2, 0.25) is 0 Å². The number of hydrogen-bond donors (Lipinski definition) is 1. The van der Waals surface area contributed by atoms with Gasteiger partial charge in [0.1, 0.15) is 32.9 Å². The molecule has 0 spiro atoms. The number of aromatic carboxylic acids is 1. The minimum Gasteiger partial charge on any atom is -0.744 e. The first-order valence-electron chi connectivity index (χ1n) is 10.4. The molecule has 0 aliphatic carbocycles. The number of carbonyl (C=O) groups is 1. The zero-order valence-electron chi connectivity index (χ0n) is 21.0. The number of nitrogens with two attached hydrogens (primary N) is 1. The van der Waals surface area contributed by atoms with Crippen molar-refractivity contribution in [2.45, 2.75) is 4.90 Å². The van der Waals surface area contributed by atoms with Crippen molar-refractivity contribution in [3.8, 4) is 11.4 Å². The summed E-state index contributed by atoms with van der Waals surface area (Å²) in [5, 5.41) is 31.6. The number of nitrogens with zero attached hydrogens (tertiary/aromatic N) is 6. The second-order valence-corrected chi connectivity index (χ2v) is 8.78. The molecular formula is C23H17N7Na2O6S. The normalized spacial score (nSPS) is 11.2. The van der Waals surface area contributed by atoms with E-state index in [1.807, 2.05) is 0 Å². The van der Waals surface area contributed by atoms with Gasteiger partial charge in [-0.15, -0.1) is 10.2 Å². The SMILES string of the molecule is COc1cc(N=Nc2cccc(S(=O)(=O)[O-])c2)ccc1N=Nc1cn(-c2cccc(N)c2)nc1C(=O)[O-].[Na+].[Na+]. The average Bonchev–Trinajstić information content (AvgIpc) is 3.31. The van der Waals surface area contributed by atoms with Crippen LogP contribution in [0.1, 0.15) is 10.5 Å². The van der Waals surface area contributed by atoms with Crippen molar-refractivity contribution < 1.29 is 86.7 Å². The van der Waals surface area contributed by atoms with Crippen LogP contribution in [0.25, 0.3) is 5.69 Å². The van der Waals surface area contributed by atoms with Crippen molar-refractivity contribution in [3.63, 3.8) is 0 Å². The summed E-state index contributed by atoms with van der Waals surface area (Å²) < 4.78 is 40.2. The maximum absolute atomic E-state index is 11.6. The molecule has 0 radical (unpaired) electrons. The number of ether oxygens (including phenoxy) is 1. The van der Waals surface area contributed by atoms with Crippen molar-refractivity contribution in [1.82, 2.24) is 9.78 Å². The Labute approximate surface area is 267 Å². The third-order valence-corrected chi connectivity index (χ3v) is 5.67. The fourth-order valence-electron chi connectivity index (χ4n) is 3.12. The first kappa shape index (κ1) is 32.3. The predicted molar refractivity (Wildman–Crippen MR) is 128 cm³/mol. The monoisotopic (exact) mass is 565 g/mol. The number of carbonyl (C=O) groups excluding carboxylic acids is 1. The smallest absolute Gasteiger partial charge is 0.744 e. The summed E-state index contributed by atoms with van der Waals surface area (Å²) in [6, 6.07) is 16.3. The molecule has 0 fully saturated rings. The van der Waals surface area contributed by atoms with Gasteiger partial charge in [0.25, 0.3) is 0 Å². The van der Waals surface area contributed by atoms with Crippen LogP contribution in [0.15, 0.2) is 98.3 Å². The molecule has 2 N–H and O–H groups in total. The van der Waals surface area contributed by atoms with E-state index in [1.54, 1.807) is 24.3 Å². The molecule has 0 atom stereocenters. The molecule has 0 aliphatic heterocycles. The molecule has 16 heteroatoms. The standard InChI is InChI=1S/C23H19N7O6S.2Na/c1-36-21-12-16(26-25-15-5-3-7-18(11-15)37(33,34)35)8-9-19(21)27-28-20-13-30(29-22(20)23(31)32)17-6-2-4-14(24)10-17;;/h2-13H,24H2,1H3,(H,31,32)(H,33,34,35);;/q;2*+1/p-2. The average molecular weight is 565 g/mol. The molecule has 188 valence electrons. The first-order chi connectivity index (χ1) is 17.6. The van der Waals surface area contributed by atoms with Crippen LogP contribution < -0.4 is 74.7 Å². The number of nitrogen functional groups attached to an aromatic ring is 1. The summed E-state index contributed by atoms with van der Waals surface area (Å²) >= 11 is 0. The molecule has 39 heavy (non-hydrogen) atoms. The van der Waals surface area contributed by atoms with Gasteiger partial charge in [0, 0.05) is 11.8 Å². The fraction of sp³-hybridized carbons (Fsp3) is 0.0435. The Hall–Kier alpha value is -2.95. The van der Waals surface area contributed by atoms with Crippen LogP contribution in [0, 0.1) is 0 Å². The predicted octanol–water partition coefficient (Wildman–Crippen LogP) is -2.43. The summed E-state index contributed by atoms with van der Waals surface area (Å²) in [6.45, 7) is 0. The topological polar surface area (TPSA) is 200 Å². The maximum atomic E-state index is 11.6. The van der Waals surface area contributed by atoms with Crippen molar-refractivity contribution in [2.24, 2.45) is 20.5 Å². The fourth-order valence-corrected chi connectivity index (χ4v) is 3.63. The molecular weight excluding hydrogens is 548 g/mol. The number of aromatic nitrogens is 2. The van der Waals surface area contributed by atoms with E-state index in [2.05, 4.69) is 25.6 Å². The summed E-state index contributed by atoms with van der Waals surface area (Å²) in [5.41, 5.74) is 7.04. The molecule has 0 amide bonds. The third-order valence-electron chi connectivity index (χ3n) is 4.84. The van der Waals surface area contributed by atoms with Gasteiger partial charge < -0.3 is 24.9 Å². The molecule has 4 aromatic rings. The van der Waals surface area contributed by atoms with Crippen LogP contribution in [0.3, 0.4) is 0 Å². The summed E-state index contributed by atoms with van der Waals surface area (Å²) in [4.78, 5) is 11.1. The Kier molecular flexibility index (Phi) is 11.5. The number of carboxylic acid groups (broad SMARTS) is 1. The Morgan fingerprint density at radius 3 is 2.23 bits per heavy atom. The number of anilines is 1. The second kappa shape index (κ2) is 13.9. The molecule has 1 aromatic heterocycles. The number of benzene rings is 3. The van der Waals surface area contributed by atoms with Gasteiger partial charge in [0.2, 0.25) is 0 Å². The van der Waals surface area contributed by atoms with Crippen molar-refractivity contribution in [1.29, 1.82) is 0 Å². The maximum Gasteiger partial charge on any atom is 1.00 e. The zero-order chi connectivity index (χ0) is 26.6. The van der Waals surface area contributed by atoms with Crippen LogP contribution >= 0.6 is 0 Å². The van der Waals surface area contributed by atoms with Gasteiger partial charge in [-0.05, 0) is 48.5 Å². The van der Waals surface area contributed by atoms with Gasteiger partial charge in [-0.1, -0.05) is 12.1 Å². The molecule has 0 unspecified atom stereocenters. The van der Waals surface area contributed by atoms with Crippen molar-refractivity contribution >= 4 is 44.5 Å². The summed E-state index contributed by atoms with van der Waals surface area (Å²) in [7, 11) is -3.23. The van der Waals surface area contributed by atoms with Crippen LogP contribution in [0.5, 0.6) is 5.75 Å². The molecule has 1 heterocycles. The molecule has 3 aromatic carbocycles. The van der Waals surface area contributed by atoms with Crippen LogP contribution in [0.4, 0.5) is 28.4 Å². The van der Waals surface area contributed by atoms with Gasteiger partial charge in [0.05, 0.1) is 41.2 Å². The Balaban J connectivity index is 0.00000267. The number of carboxylic acids is 1. The van der Waals surface area contributed by atoms with Gasteiger partial charge in [-0.25, -0.2) is 13.1 Å². The first-order valence-corrected chi connectivity index (χ1v) is 11.8. The van der Waals surface area contributed by atoms with E-state index in [1.165, 1.54) is 48.3 Å². The van der Waals surface area contributed by atoms with Crippen LogP contribution in [-0.2, 0) is 10.1 Å². The minimum atomic E-state index is -4.63. The Morgan fingerprint density at radius 2 is 1.59 bits per heavy atom. The van der Waals surface area contributed by atoms with E-state index in [9.17, 15) is 22.9 Å². The van der Waals surface area contributed by atoms with Gasteiger partial charge in [0.15, 0.2) is 0 Å². The second-order valence-electron chi connectivity index (χ2n) is 7.40. The van der Waals surface area contributed by atoms with Gasteiger partial charge >= 0.3 is 59.1 Å². The van der Waals surface area contributed by atoms with E-state index in [0.717, 1.165) is 12.1 Å². The summed E-state index contributed by atoms with van der Waals surface area (Å²) in [5.74, 6) is -1.29. The molecule has 4 rings (SSSR count). The van der Waals surface area contributed by atoms with E-state index in [-0.39, 0.29) is 81.9 Å². The van der Waals surface area contributed by atoms with Crippen molar-refractivity contribution in [2.75, 3.05) is 12.8 Å². The Bertz CT molecular complexity index is 1660. The van der Waals surface area contributed by atoms with E-state index in [4.69, 9.17) is 10.5 Å². The molecule has 0 aliphatic rings. The van der Waals surface area contributed by atoms with Crippen molar-refractivity contribution in [3.05, 3.63) is 78.6 Å². The quantitative estimate of drug-likeness (QED) is 0.105. The Morgan fingerprint density at radius 1 is 0.923 bits per heavy atom. The van der Waals surface area contributed by atoms with E-state index in [0.29, 0.717) is 17.1 Å². The zero-order valence-corrected chi connectivity index (χ0v) is 25.9.